The van der Waals surface area contributed by atoms with E-state index >= 15 is 0 Å². The van der Waals surface area contributed by atoms with E-state index < -0.39 is 0 Å². The van der Waals surface area contributed by atoms with Crippen molar-refractivity contribution in [3.63, 3.8) is 0 Å². The normalized spacial score (nSPS) is 19.0. The molecule has 0 heterocycles. The molecule has 0 unspecified atom stereocenters. The molecule has 0 saturated heterocycles. The minimum absolute atomic E-state index is 0.272. The molecule has 14 heavy (non-hydrogen) atoms. The molecule has 82 valence electrons. The fourth-order valence-electron chi connectivity index (χ4n) is 2.14. The highest BCUT2D eigenvalue weighted by Gasteiger charge is 2.22. The van der Waals surface area contributed by atoms with Crippen molar-refractivity contribution in [2.24, 2.45) is 11.7 Å². The largest absolute Gasteiger partial charge is 0.344 e. The molecule has 1 saturated carbocycles. The first kappa shape index (κ1) is 11.5. The first-order chi connectivity index (χ1) is 6.75. The van der Waals surface area contributed by atoms with Gasteiger partial charge in [0.25, 0.3) is 0 Å². The van der Waals surface area contributed by atoms with Crippen LogP contribution in [0.4, 0.5) is 0 Å². The molecule has 0 spiro atoms. The summed E-state index contributed by atoms with van der Waals surface area (Å²) in [6, 6.07) is 0. The van der Waals surface area contributed by atoms with E-state index in [0.29, 0.717) is 19.0 Å². The van der Waals surface area contributed by atoms with Crippen LogP contribution in [0.5, 0.6) is 0 Å². The second kappa shape index (κ2) is 6.02. The molecule has 1 aliphatic rings. The van der Waals surface area contributed by atoms with Crippen LogP contribution in [-0.2, 0) is 4.79 Å². The molecule has 0 bridgehead atoms. The monoisotopic (exact) mass is 198 g/mol. The standard InChI is InChI=1S/C11H22N2O/c1-13(9-8-12)11(14)10-6-4-2-3-5-7-10/h10H,2-9,12H2,1H3. The molecular formula is C11H22N2O. The second-order valence-electron chi connectivity index (χ2n) is 4.24. The quantitative estimate of drug-likeness (QED) is 0.696. The summed E-state index contributed by atoms with van der Waals surface area (Å²) in [5.74, 6) is 0.575. The Kier molecular flexibility index (Phi) is 4.94. The first-order valence-corrected chi connectivity index (χ1v) is 5.70. The summed E-state index contributed by atoms with van der Waals surface area (Å²) in [6.45, 7) is 1.25. The number of nitrogens with zero attached hydrogens (tertiary/aromatic N) is 1. The third-order valence-corrected chi connectivity index (χ3v) is 3.05. The Bertz CT molecular complexity index is 174. The van der Waals surface area contributed by atoms with Crippen molar-refractivity contribution < 1.29 is 4.79 Å². The molecule has 0 aromatic rings. The lowest BCUT2D eigenvalue weighted by atomic mass is 9.99. The topological polar surface area (TPSA) is 46.3 Å². The maximum atomic E-state index is 11.9. The molecular weight excluding hydrogens is 176 g/mol. The van der Waals surface area contributed by atoms with Gasteiger partial charge in [-0.15, -0.1) is 0 Å². The van der Waals surface area contributed by atoms with Crippen molar-refractivity contribution >= 4 is 5.91 Å². The van der Waals surface area contributed by atoms with Crippen molar-refractivity contribution in [1.29, 1.82) is 0 Å². The molecule has 0 aromatic heterocycles. The average Bonchev–Trinajstić information content (AvgIpc) is 2.45. The van der Waals surface area contributed by atoms with E-state index in [1.54, 1.807) is 4.90 Å². The van der Waals surface area contributed by atoms with Crippen molar-refractivity contribution in [3.05, 3.63) is 0 Å². The Morgan fingerprint density at radius 3 is 2.36 bits per heavy atom. The van der Waals surface area contributed by atoms with Crippen LogP contribution in [0.1, 0.15) is 38.5 Å². The summed E-state index contributed by atoms with van der Waals surface area (Å²) in [4.78, 5) is 13.7. The van der Waals surface area contributed by atoms with Crippen LogP contribution in [0.3, 0.4) is 0 Å². The first-order valence-electron chi connectivity index (χ1n) is 5.70. The average molecular weight is 198 g/mol. The Morgan fingerprint density at radius 2 is 1.86 bits per heavy atom. The van der Waals surface area contributed by atoms with E-state index in [2.05, 4.69) is 0 Å². The third-order valence-electron chi connectivity index (χ3n) is 3.05. The lowest BCUT2D eigenvalue weighted by Crippen LogP contribution is -2.36. The zero-order valence-electron chi connectivity index (χ0n) is 9.17. The predicted octanol–water partition coefficient (Wildman–Crippen LogP) is 1.37. The number of carbonyl (C=O) groups is 1. The Hall–Kier alpha value is -0.570. The summed E-state index contributed by atoms with van der Waals surface area (Å²) >= 11 is 0. The van der Waals surface area contributed by atoms with Crippen molar-refractivity contribution in [2.75, 3.05) is 20.1 Å². The van der Waals surface area contributed by atoms with Gasteiger partial charge < -0.3 is 10.6 Å². The predicted molar refractivity (Wildman–Crippen MR) is 57.9 cm³/mol. The maximum Gasteiger partial charge on any atom is 0.225 e. The Morgan fingerprint density at radius 1 is 1.29 bits per heavy atom. The number of amides is 1. The number of hydrogen-bond acceptors (Lipinski definition) is 2. The zero-order chi connectivity index (χ0) is 10.4. The molecule has 0 aromatic carbocycles. The van der Waals surface area contributed by atoms with Crippen LogP contribution in [0.15, 0.2) is 0 Å². The molecule has 3 heteroatoms. The SMILES string of the molecule is CN(CCN)C(=O)C1CCCCCC1. The van der Waals surface area contributed by atoms with E-state index in [1.807, 2.05) is 7.05 Å². The molecule has 0 aliphatic heterocycles. The summed E-state index contributed by atoms with van der Waals surface area (Å²) < 4.78 is 0. The highest BCUT2D eigenvalue weighted by Crippen LogP contribution is 2.24. The molecule has 3 nitrogen and oxygen atoms in total. The van der Waals surface area contributed by atoms with Crippen molar-refractivity contribution in [2.45, 2.75) is 38.5 Å². The van der Waals surface area contributed by atoms with Crippen LogP contribution in [0.25, 0.3) is 0 Å². The lowest BCUT2D eigenvalue weighted by Gasteiger charge is -2.22. The van der Waals surface area contributed by atoms with Crippen LogP contribution in [0, 0.1) is 5.92 Å². The summed E-state index contributed by atoms with van der Waals surface area (Å²) in [7, 11) is 1.86. The van der Waals surface area contributed by atoms with Gasteiger partial charge in [0, 0.05) is 26.1 Å². The minimum atomic E-state index is 0.272. The van der Waals surface area contributed by atoms with E-state index in [-0.39, 0.29) is 5.92 Å². The van der Waals surface area contributed by atoms with Gasteiger partial charge in [0.05, 0.1) is 0 Å². The highest BCUT2D eigenvalue weighted by atomic mass is 16.2. The summed E-state index contributed by atoms with van der Waals surface area (Å²) in [6.07, 6.45) is 7.18. The smallest absolute Gasteiger partial charge is 0.225 e. The van der Waals surface area contributed by atoms with Crippen LogP contribution in [-0.4, -0.2) is 30.9 Å². The van der Waals surface area contributed by atoms with E-state index in [1.165, 1.54) is 25.7 Å². The Labute approximate surface area is 86.6 Å². The third kappa shape index (κ3) is 3.29. The van der Waals surface area contributed by atoms with Gasteiger partial charge in [-0.2, -0.15) is 0 Å². The van der Waals surface area contributed by atoms with Gasteiger partial charge in [-0.25, -0.2) is 0 Å². The van der Waals surface area contributed by atoms with Crippen LogP contribution < -0.4 is 5.73 Å². The fourth-order valence-corrected chi connectivity index (χ4v) is 2.14. The fraction of sp³-hybridized carbons (Fsp3) is 0.909. The van der Waals surface area contributed by atoms with E-state index in [9.17, 15) is 4.79 Å². The summed E-state index contributed by atoms with van der Waals surface area (Å²) in [5, 5.41) is 0. The number of likely N-dealkylation sites (N-methyl/N-ethyl adjacent to an activating group) is 1. The van der Waals surface area contributed by atoms with Gasteiger partial charge in [-0.3, -0.25) is 4.79 Å². The number of rotatable bonds is 3. The molecule has 0 radical (unpaired) electrons. The molecule has 1 amide bonds. The van der Waals surface area contributed by atoms with Gasteiger partial charge in [-0.05, 0) is 12.8 Å². The number of hydrogen-bond donors (Lipinski definition) is 1. The van der Waals surface area contributed by atoms with Crippen molar-refractivity contribution in [1.82, 2.24) is 4.90 Å². The number of nitrogens with two attached hydrogens (primary N) is 1. The Balaban J connectivity index is 2.40. The van der Waals surface area contributed by atoms with Gasteiger partial charge in [0.15, 0.2) is 0 Å². The minimum Gasteiger partial charge on any atom is -0.344 e. The molecule has 2 N–H and O–H groups in total. The number of carbonyl (C=O) groups excluding carboxylic acids is 1. The van der Waals surface area contributed by atoms with Gasteiger partial charge in [-0.1, -0.05) is 25.7 Å². The summed E-state index contributed by atoms with van der Waals surface area (Å²) in [5.41, 5.74) is 5.43. The molecule has 1 aliphatic carbocycles. The van der Waals surface area contributed by atoms with E-state index in [0.717, 1.165) is 12.8 Å². The van der Waals surface area contributed by atoms with Crippen LogP contribution >= 0.6 is 0 Å². The zero-order valence-corrected chi connectivity index (χ0v) is 9.17. The molecule has 0 atom stereocenters. The van der Waals surface area contributed by atoms with Gasteiger partial charge >= 0.3 is 0 Å². The second-order valence-corrected chi connectivity index (χ2v) is 4.24. The molecule has 1 fully saturated rings. The molecule has 1 rings (SSSR count). The van der Waals surface area contributed by atoms with Gasteiger partial charge in [0.1, 0.15) is 0 Å². The maximum absolute atomic E-state index is 11.9. The van der Waals surface area contributed by atoms with Crippen molar-refractivity contribution in [3.8, 4) is 0 Å². The van der Waals surface area contributed by atoms with E-state index in [4.69, 9.17) is 5.73 Å². The lowest BCUT2D eigenvalue weighted by molar-refractivity contribution is -0.134. The van der Waals surface area contributed by atoms with Gasteiger partial charge in [0.2, 0.25) is 5.91 Å². The highest BCUT2D eigenvalue weighted by molar-refractivity contribution is 5.78. The van der Waals surface area contributed by atoms with Crippen LogP contribution in [0.2, 0.25) is 0 Å².